The van der Waals surface area contributed by atoms with Crippen molar-refractivity contribution in [3.63, 3.8) is 0 Å². The van der Waals surface area contributed by atoms with Crippen molar-refractivity contribution >= 4 is 11.3 Å². The molecule has 0 atom stereocenters. The van der Waals surface area contributed by atoms with E-state index in [0.717, 1.165) is 6.54 Å². The molecule has 0 unspecified atom stereocenters. The first-order valence-corrected chi connectivity index (χ1v) is 8.17. The molecule has 2 fully saturated rings. The van der Waals surface area contributed by atoms with Crippen LogP contribution < -0.4 is 5.32 Å². The second-order valence-corrected chi connectivity index (χ2v) is 7.00. The monoisotopic (exact) mass is 264 g/mol. The smallest absolute Gasteiger partial charge is 0.0338 e. The highest BCUT2D eigenvalue weighted by Crippen LogP contribution is 2.37. The molecule has 3 rings (SSSR count). The maximum Gasteiger partial charge on any atom is 0.0338 e. The molecular formula is C15H24N2S. The minimum atomic E-state index is 0.481. The van der Waals surface area contributed by atoms with Crippen LogP contribution in [0.2, 0.25) is 0 Å². The lowest BCUT2D eigenvalue weighted by Gasteiger charge is -2.45. The van der Waals surface area contributed by atoms with Crippen molar-refractivity contribution < 1.29 is 0 Å². The Bertz CT molecular complexity index is 393. The molecule has 3 heteroatoms. The van der Waals surface area contributed by atoms with Crippen LogP contribution in [-0.2, 0) is 13.0 Å². The molecule has 18 heavy (non-hydrogen) atoms. The summed E-state index contributed by atoms with van der Waals surface area (Å²) in [6.45, 7) is 7.01. The Labute approximate surface area is 114 Å². The Kier molecular flexibility index (Phi) is 3.73. The summed E-state index contributed by atoms with van der Waals surface area (Å²) in [4.78, 5) is 5.85. The van der Waals surface area contributed by atoms with E-state index in [-0.39, 0.29) is 0 Å². The summed E-state index contributed by atoms with van der Waals surface area (Å²) < 4.78 is 0. The summed E-state index contributed by atoms with van der Waals surface area (Å²) in [6.07, 6.45) is 6.81. The van der Waals surface area contributed by atoms with Gasteiger partial charge in [-0.1, -0.05) is 19.8 Å². The third-order valence-corrected chi connectivity index (χ3v) is 5.84. The molecule has 1 saturated heterocycles. The zero-order valence-corrected chi connectivity index (χ0v) is 12.2. The highest BCUT2D eigenvalue weighted by Gasteiger charge is 2.40. The van der Waals surface area contributed by atoms with Crippen LogP contribution in [-0.4, -0.2) is 30.1 Å². The zero-order chi connectivity index (χ0) is 12.4. The zero-order valence-electron chi connectivity index (χ0n) is 11.4. The van der Waals surface area contributed by atoms with E-state index in [4.69, 9.17) is 0 Å². The standard InChI is InChI=1S/C15H24N2S/c1-2-13-5-6-14(18-13)11-17-10-9-16-12-15(17)7-3-4-8-15/h5-6,16H,2-4,7-12H2,1H3. The van der Waals surface area contributed by atoms with Gasteiger partial charge in [-0.25, -0.2) is 0 Å². The minimum absolute atomic E-state index is 0.481. The first kappa shape index (κ1) is 12.6. The van der Waals surface area contributed by atoms with Crippen molar-refractivity contribution in [2.45, 2.75) is 51.1 Å². The summed E-state index contributed by atoms with van der Waals surface area (Å²) in [6, 6.07) is 4.65. The van der Waals surface area contributed by atoms with Crippen molar-refractivity contribution in [2.75, 3.05) is 19.6 Å². The largest absolute Gasteiger partial charge is 0.314 e. The number of piperazine rings is 1. The lowest BCUT2D eigenvalue weighted by molar-refractivity contribution is 0.0582. The average Bonchev–Trinajstić information content (AvgIpc) is 3.02. The molecule has 1 spiro atoms. The van der Waals surface area contributed by atoms with Crippen molar-refractivity contribution in [1.29, 1.82) is 0 Å². The number of nitrogens with one attached hydrogen (secondary N) is 1. The van der Waals surface area contributed by atoms with Gasteiger partial charge in [0.15, 0.2) is 0 Å². The van der Waals surface area contributed by atoms with Gasteiger partial charge in [-0.2, -0.15) is 0 Å². The topological polar surface area (TPSA) is 15.3 Å². The maximum absolute atomic E-state index is 3.61. The van der Waals surface area contributed by atoms with Crippen LogP contribution in [0.1, 0.15) is 42.4 Å². The Morgan fingerprint density at radius 1 is 1.28 bits per heavy atom. The van der Waals surface area contributed by atoms with Gasteiger partial charge in [0.1, 0.15) is 0 Å². The molecule has 1 aromatic rings. The Morgan fingerprint density at radius 2 is 2.06 bits per heavy atom. The van der Waals surface area contributed by atoms with E-state index in [2.05, 4.69) is 29.3 Å². The van der Waals surface area contributed by atoms with E-state index in [1.807, 2.05) is 11.3 Å². The fraction of sp³-hybridized carbons (Fsp3) is 0.733. The molecule has 2 aliphatic rings. The van der Waals surface area contributed by atoms with Crippen molar-refractivity contribution in [3.8, 4) is 0 Å². The number of hydrogen-bond acceptors (Lipinski definition) is 3. The normalized spacial score (nSPS) is 23.8. The van der Waals surface area contributed by atoms with Crippen LogP contribution in [0.25, 0.3) is 0 Å². The van der Waals surface area contributed by atoms with Crippen LogP contribution in [0.4, 0.5) is 0 Å². The van der Waals surface area contributed by atoms with Crippen LogP contribution in [0.3, 0.4) is 0 Å². The second kappa shape index (κ2) is 5.32. The first-order chi connectivity index (χ1) is 8.82. The molecule has 0 radical (unpaired) electrons. The molecule has 1 saturated carbocycles. The van der Waals surface area contributed by atoms with E-state index in [1.54, 1.807) is 4.88 Å². The van der Waals surface area contributed by atoms with Gasteiger partial charge in [0.2, 0.25) is 0 Å². The van der Waals surface area contributed by atoms with E-state index in [9.17, 15) is 0 Å². The van der Waals surface area contributed by atoms with Gasteiger partial charge < -0.3 is 5.32 Å². The first-order valence-electron chi connectivity index (χ1n) is 7.36. The Morgan fingerprint density at radius 3 is 2.78 bits per heavy atom. The SMILES string of the molecule is CCc1ccc(CN2CCNCC23CCCC3)s1. The molecule has 1 aromatic heterocycles. The molecule has 100 valence electrons. The van der Waals surface area contributed by atoms with Crippen LogP contribution in [0.15, 0.2) is 12.1 Å². The van der Waals surface area contributed by atoms with Crippen LogP contribution >= 0.6 is 11.3 Å². The second-order valence-electron chi connectivity index (χ2n) is 5.75. The molecule has 0 bridgehead atoms. The highest BCUT2D eigenvalue weighted by molar-refractivity contribution is 7.11. The van der Waals surface area contributed by atoms with Gasteiger partial charge in [0.05, 0.1) is 0 Å². The van der Waals surface area contributed by atoms with E-state index in [0.29, 0.717) is 5.54 Å². The van der Waals surface area contributed by atoms with Gasteiger partial charge in [0.25, 0.3) is 0 Å². The predicted molar refractivity (Wildman–Crippen MR) is 78.2 cm³/mol. The van der Waals surface area contributed by atoms with Gasteiger partial charge in [0, 0.05) is 41.5 Å². The van der Waals surface area contributed by atoms with E-state index < -0.39 is 0 Å². The Hall–Kier alpha value is -0.380. The Balaban J connectivity index is 1.73. The van der Waals surface area contributed by atoms with Crippen molar-refractivity contribution in [1.82, 2.24) is 10.2 Å². The van der Waals surface area contributed by atoms with Gasteiger partial charge in [-0.05, 0) is 31.4 Å². The number of thiophene rings is 1. The molecule has 0 amide bonds. The minimum Gasteiger partial charge on any atom is -0.314 e. The van der Waals surface area contributed by atoms with Crippen molar-refractivity contribution in [2.24, 2.45) is 0 Å². The summed E-state index contributed by atoms with van der Waals surface area (Å²) >= 11 is 2.01. The number of rotatable bonds is 3. The molecule has 1 aliphatic heterocycles. The molecule has 2 heterocycles. The summed E-state index contributed by atoms with van der Waals surface area (Å²) in [5, 5.41) is 3.61. The van der Waals surface area contributed by atoms with E-state index >= 15 is 0 Å². The number of nitrogens with zero attached hydrogens (tertiary/aromatic N) is 1. The van der Waals surface area contributed by atoms with Crippen LogP contribution in [0, 0.1) is 0 Å². The van der Waals surface area contributed by atoms with Crippen molar-refractivity contribution in [3.05, 3.63) is 21.9 Å². The van der Waals surface area contributed by atoms with Gasteiger partial charge >= 0.3 is 0 Å². The van der Waals surface area contributed by atoms with E-state index in [1.165, 1.54) is 56.6 Å². The molecule has 0 aromatic carbocycles. The third kappa shape index (κ3) is 2.36. The molecular weight excluding hydrogens is 240 g/mol. The van der Waals surface area contributed by atoms with Gasteiger partial charge in [-0.15, -0.1) is 11.3 Å². The fourth-order valence-corrected chi connectivity index (χ4v) is 4.52. The quantitative estimate of drug-likeness (QED) is 0.903. The number of aryl methyl sites for hydroxylation is 1. The fourth-order valence-electron chi connectivity index (χ4n) is 3.54. The highest BCUT2D eigenvalue weighted by atomic mass is 32.1. The third-order valence-electron chi connectivity index (χ3n) is 4.63. The van der Waals surface area contributed by atoms with Gasteiger partial charge in [-0.3, -0.25) is 4.90 Å². The van der Waals surface area contributed by atoms with Crippen LogP contribution in [0.5, 0.6) is 0 Å². The molecule has 2 nitrogen and oxygen atoms in total. The maximum atomic E-state index is 3.61. The number of hydrogen-bond donors (Lipinski definition) is 1. The summed E-state index contributed by atoms with van der Waals surface area (Å²) in [7, 11) is 0. The molecule has 1 aliphatic carbocycles. The average molecular weight is 264 g/mol. The lowest BCUT2D eigenvalue weighted by atomic mass is 9.92. The lowest BCUT2D eigenvalue weighted by Crippen LogP contribution is -2.59. The summed E-state index contributed by atoms with van der Waals surface area (Å²) in [5.74, 6) is 0. The molecule has 1 N–H and O–H groups in total. The predicted octanol–water partition coefficient (Wildman–Crippen LogP) is 3.03. The summed E-state index contributed by atoms with van der Waals surface area (Å²) in [5.41, 5.74) is 0.481.